The van der Waals surface area contributed by atoms with Crippen molar-refractivity contribution in [2.75, 3.05) is 20.1 Å². The van der Waals surface area contributed by atoms with Gasteiger partial charge < -0.3 is 4.90 Å². The van der Waals surface area contributed by atoms with Crippen LogP contribution < -0.4 is 0 Å². The number of hydrogen-bond donors (Lipinski definition) is 0. The van der Waals surface area contributed by atoms with Crippen molar-refractivity contribution in [1.29, 1.82) is 0 Å². The molecule has 2 rings (SSSR count). The van der Waals surface area contributed by atoms with Crippen molar-refractivity contribution in [3.8, 4) is 0 Å². The summed E-state index contributed by atoms with van der Waals surface area (Å²) in [5.74, 6) is 0.981. The summed E-state index contributed by atoms with van der Waals surface area (Å²) in [5.41, 5.74) is 1.34. The molecule has 15 heavy (non-hydrogen) atoms. The molecule has 1 aliphatic carbocycles. The van der Waals surface area contributed by atoms with Crippen LogP contribution in [0.25, 0.3) is 0 Å². The summed E-state index contributed by atoms with van der Waals surface area (Å²) < 4.78 is 0. The number of rotatable bonds is 5. The first-order chi connectivity index (χ1) is 7.24. The van der Waals surface area contributed by atoms with Crippen LogP contribution in [-0.4, -0.2) is 25.0 Å². The average molecular weight is 224 g/mol. The van der Waals surface area contributed by atoms with Crippen LogP contribution in [0.15, 0.2) is 24.3 Å². The van der Waals surface area contributed by atoms with Crippen LogP contribution in [0.3, 0.4) is 0 Å². The molecule has 0 aromatic heterocycles. The number of nitrogens with zero attached hydrogens (tertiary/aromatic N) is 1. The molecule has 1 saturated carbocycles. The van der Waals surface area contributed by atoms with E-state index in [1.807, 2.05) is 12.1 Å². The number of halogens is 1. The van der Waals surface area contributed by atoms with Gasteiger partial charge in [0.15, 0.2) is 0 Å². The summed E-state index contributed by atoms with van der Waals surface area (Å²) in [4.78, 5) is 2.43. The zero-order valence-electron chi connectivity index (χ0n) is 9.25. The Labute approximate surface area is 97.0 Å². The van der Waals surface area contributed by atoms with E-state index in [0.29, 0.717) is 0 Å². The molecular weight excluding hydrogens is 206 g/mol. The lowest BCUT2D eigenvalue weighted by Crippen LogP contribution is -2.23. The van der Waals surface area contributed by atoms with Gasteiger partial charge in [0, 0.05) is 18.1 Å². The molecule has 0 amide bonds. The lowest BCUT2D eigenvalue weighted by Gasteiger charge is -2.15. The van der Waals surface area contributed by atoms with Gasteiger partial charge in [0.2, 0.25) is 0 Å². The fourth-order valence-corrected chi connectivity index (χ4v) is 2.06. The van der Waals surface area contributed by atoms with Crippen LogP contribution in [0, 0.1) is 5.92 Å². The van der Waals surface area contributed by atoms with Crippen LogP contribution in [-0.2, 0) is 6.42 Å². The van der Waals surface area contributed by atoms with E-state index in [2.05, 4.69) is 24.1 Å². The van der Waals surface area contributed by atoms with Crippen molar-refractivity contribution < 1.29 is 0 Å². The largest absolute Gasteiger partial charge is 0.306 e. The minimum Gasteiger partial charge on any atom is -0.306 e. The highest BCUT2D eigenvalue weighted by Gasteiger charge is 2.22. The number of hydrogen-bond acceptors (Lipinski definition) is 1. The van der Waals surface area contributed by atoms with Crippen molar-refractivity contribution in [1.82, 2.24) is 4.90 Å². The normalized spacial score (nSPS) is 15.9. The van der Waals surface area contributed by atoms with E-state index in [0.717, 1.165) is 23.9 Å². The Morgan fingerprint density at radius 3 is 2.87 bits per heavy atom. The van der Waals surface area contributed by atoms with Gasteiger partial charge in [0.1, 0.15) is 0 Å². The molecule has 1 nitrogen and oxygen atoms in total. The Balaban J connectivity index is 1.76. The van der Waals surface area contributed by atoms with Crippen LogP contribution in [0.2, 0.25) is 5.02 Å². The van der Waals surface area contributed by atoms with E-state index in [4.69, 9.17) is 11.6 Å². The first-order valence-corrected chi connectivity index (χ1v) is 6.05. The molecule has 0 N–H and O–H groups in total. The average Bonchev–Trinajstić information content (AvgIpc) is 2.99. The Morgan fingerprint density at radius 2 is 2.20 bits per heavy atom. The van der Waals surface area contributed by atoms with Gasteiger partial charge in [-0.05, 0) is 49.9 Å². The second-order valence-corrected chi connectivity index (χ2v) is 5.02. The van der Waals surface area contributed by atoms with E-state index in [9.17, 15) is 0 Å². The topological polar surface area (TPSA) is 3.24 Å². The Morgan fingerprint density at radius 1 is 1.40 bits per heavy atom. The standard InChI is InChI=1S/C13H18ClN/c1-15(10-12-5-6-12)8-7-11-3-2-4-13(14)9-11/h2-4,9,12H,5-8,10H2,1H3. The zero-order valence-corrected chi connectivity index (χ0v) is 10.0. The number of likely N-dealkylation sites (N-methyl/N-ethyl adjacent to an activating group) is 1. The molecule has 82 valence electrons. The van der Waals surface area contributed by atoms with E-state index in [1.54, 1.807) is 0 Å². The Hall–Kier alpha value is -0.530. The molecule has 0 spiro atoms. The molecular formula is C13H18ClN. The molecule has 1 aromatic carbocycles. The summed E-state index contributed by atoms with van der Waals surface area (Å²) in [7, 11) is 2.21. The maximum absolute atomic E-state index is 5.94. The van der Waals surface area contributed by atoms with Gasteiger partial charge >= 0.3 is 0 Å². The predicted octanol–water partition coefficient (Wildman–Crippen LogP) is 3.22. The van der Waals surface area contributed by atoms with E-state index >= 15 is 0 Å². The van der Waals surface area contributed by atoms with Crippen LogP contribution in [0.5, 0.6) is 0 Å². The molecule has 0 radical (unpaired) electrons. The van der Waals surface area contributed by atoms with Crippen LogP contribution in [0.4, 0.5) is 0 Å². The maximum Gasteiger partial charge on any atom is 0.0408 e. The lowest BCUT2D eigenvalue weighted by molar-refractivity contribution is 0.324. The van der Waals surface area contributed by atoms with E-state index in [-0.39, 0.29) is 0 Å². The predicted molar refractivity (Wildman–Crippen MR) is 65.4 cm³/mol. The molecule has 0 heterocycles. The van der Waals surface area contributed by atoms with Crippen molar-refractivity contribution in [3.63, 3.8) is 0 Å². The fraction of sp³-hybridized carbons (Fsp3) is 0.538. The summed E-state index contributed by atoms with van der Waals surface area (Å²) >= 11 is 5.94. The highest BCUT2D eigenvalue weighted by Crippen LogP contribution is 2.29. The third-order valence-corrected chi connectivity index (χ3v) is 3.17. The third-order valence-electron chi connectivity index (χ3n) is 2.94. The van der Waals surface area contributed by atoms with Gasteiger partial charge in [-0.1, -0.05) is 23.7 Å². The highest BCUT2D eigenvalue weighted by atomic mass is 35.5. The third kappa shape index (κ3) is 3.84. The monoisotopic (exact) mass is 223 g/mol. The fourth-order valence-electron chi connectivity index (χ4n) is 1.84. The molecule has 1 aliphatic rings. The van der Waals surface area contributed by atoms with Gasteiger partial charge in [-0.2, -0.15) is 0 Å². The molecule has 1 aromatic rings. The molecule has 1 fully saturated rings. The maximum atomic E-state index is 5.94. The summed E-state index contributed by atoms with van der Waals surface area (Å²) in [6, 6.07) is 8.17. The molecule has 0 bridgehead atoms. The number of benzene rings is 1. The summed E-state index contributed by atoms with van der Waals surface area (Å²) in [5, 5.41) is 0.845. The smallest absolute Gasteiger partial charge is 0.0408 e. The summed E-state index contributed by atoms with van der Waals surface area (Å²) in [6.07, 6.45) is 3.97. The second-order valence-electron chi connectivity index (χ2n) is 4.59. The molecule has 2 heteroatoms. The van der Waals surface area contributed by atoms with E-state index in [1.165, 1.54) is 24.9 Å². The minimum absolute atomic E-state index is 0.845. The highest BCUT2D eigenvalue weighted by molar-refractivity contribution is 6.30. The van der Waals surface area contributed by atoms with Gasteiger partial charge in [-0.15, -0.1) is 0 Å². The molecule has 0 aliphatic heterocycles. The molecule has 0 atom stereocenters. The van der Waals surface area contributed by atoms with Crippen LogP contribution in [0.1, 0.15) is 18.4 Å². The van der Waals surface area contributed by atoms with Gasteiger partial charge in [0.05, 0.1) is 0 Å². The molecule has 0 saturated heterocycles. The van der Waals surface area contributed by atoms with Crippen molar-refractivity contribution in [2.24, 2.45) is 5.92 Å². The Bertz CT molecular complexity index is 320. The summed E-state index contributed by atoms with van der Waals surface area (Å²) in [6.45, 7) is 2.40. The van der Waals surface area contributed by atoms with Crippen LogP contribution >= 0.6 is 11.6 Å². The first-order valence-electron chi connectivity index (χ1n) is 5.67. The lowest BCUT2D eigenvalue weighted by atomic mass is 10.1. The first kappa shape index (κ1) is 11.0. The van der Waals surface area contributed by atoms with Gasteiger partial charge in [-0.25, -0.2) is 0 Å². The SMILES string of the molecule is CN(CCc1cccc(Cl)c1)CC1CC1. The zero-order chi connectivity index (χ0) is 10.7. The van der Waals surface area contributed by atoms with Crippen molar-refractivity contribution in [3.05, 3.63) is 34.9 Å². The van der Waals surface area contributed by atoms with Gasteiger partial charge in [-0.3, -0.25) is 0 Å². The van der Waals surface area contributed by atoms with Gasteiger partial charge in [0.25, 0.3) is 0 Å². The minimum atomic E-state index is 0.845. The Kier molecular flexibility index (Phi) is 3.66. The quantitative estimate of drug-likeness (QED) is 0.741. The van der Waals surface area contributed by atoms with Crippen molar-refractivity contribution >= 4 is 11.6 Å². The van der Waals surface area contributed by atoms with E-state index < -0.39 is 0 Å². The molecule has 0 unspecified atom stereocenters. The van der Waals surface area contributed by atoms with Crippen molar-refractivity contribution in [2.45, 2.75) is 19.3 Å². The second kappa shape index (κ2) is 5.00.